The lowest BCUT2D eigenvalue weighted by molar-refractivity contribution is -0.115. The summed E-state index contributed by atoms with van der Waals surface area (Å²) in [7, 11) is 0. The van der Waals surface area contributed by atoms with Crippen molar-refractivity contribution in [1.82, 2.24) is 10.3 Å². The maximum atomic E-state index is 11.6. The highest BCUT2D eigenvalue weighted by Crippen LogP contribution is 2.26. The van der Waals surface area contributed by atoms with E-state index in [0.29, 0.717) is 11.5 Å². The van der Waals surface area contributed by atoms with Gasteiger partial charge in [0.15, 0.2) is 0 Å². The summed E-state index contributed by atoms with van der Waals surface area (Å²) in [5.41, 5.74) is 0.841. The summed E-state index contributed by atoms with van der Waals surface area (Å²) >= 11 is 0.909. The summed E-state index contributed by atoms with van der Waals surface area (Å²) in [6.07, 6.45) is 3.47. The van der Waals surface area contributed by atoms with Gasteiger partial charge in [-0.15, -0.1) is 0 Å². The van der Waals surface area contributed by atoms with Crippen molar-refractivity contribution < 1.29 is 14.3 Å². The van der Waals surface area contributed by atoms with Crippen molar-refractivity contribution in [2.24, 2.45) is 0 Å². The van der Waals surface area contributed by atoms with Gasteiger partial charge in [-0.25, -0.2) is 4.98 Å². The Kier molecular flexibility index (Phi) is 5.91. The quantitative estimate of drug-likeness (QED) is 0.755. The number of aromatic nitrogens is 1. The summed E-state index contributed by atoms with van der Waals surface area (Å²) in [6, 6.07) is 13.3. The van der Waals surface area contributed by atoms with Crippen molar-refractivity contribution >= 4 is 34.8 Å². The van der Waals surface area contributed by atoms with Gasteiger partial charge < -0.3 is 9.64 Å². The Balaban J connectivity index is 1.54. The van der Waals surface area contributed by atoms with Crippen molar-refractivity contribution in [3.63, 3.8) is 0 Å². The van der Waals surface area contributed by atoms with E-state index in [-0.39, 0.29) is 11.1 Å². The van der Waals surface area contributed by atoms with Gasteiger partial charge in [-0.05, 0) is 54.6 Å². The number of hydrogen-bond acceptors (Lipinski definition) is 6. The van der Waals surface area contributed by atoms with Crippen LogP contribution in [-0.4, -0.2) is 35.8 Å². The second-order valence-corrected chi connectivity index (χ2v) is 6.55. The predicted octanol–water partition coefficient (Wildman–Crippen LogP) is 3.31. The highest BCUT2D eigenvalue weighted by atomic mass is 32.2. The molecule has 1 aromatic heterocycles. The fourth-order valence-corrected chi connectivity index (χ4v) is 3.16. The largest absolute Gasteiger partial charge is 0.492 e. The fourth-order valence-electron chi connectivity index (χ4n) is 2.48. The summed E-state index contributed by atoms with van der Waals surface area (Å²) in [5.74, 6) is 1.33. The molecule has 0 aliphatic carbocycles. The van der Waals surface area contributed by atoms with Crippen LogP contribution in [0.5, 0.6) is 5.75 Å². The molecule has 0 radical (unpaired) electrons. The van der Waals surface area contributed by atoms with E-state index in [4.69, 9.17) is 4.74 Å². The van der Waals surface area contributed by atoms with Gasteiger partial charge in [0, 0.05) is 12.7 Å². The summed E-state index contributed by atoms with van der Waals surface area (Å²) in [4.78, 5) is 29.6. The molecule has 0 saturated carbocycles. The van der Waals surface area contributed by atoms with Crippen LogP contribution in [0.25, 0.3) is 6.08 Å². The van der Waals surface area contributed by atoms with Crippen molar-refractivity contribution in [1.29, 1.82) is 0 Å². The topological polar surface area (TPSA) is 71.5 Å². The number of nitrogens with one attached hydrogen (secondary N) is 1. The van der Waals surface area contributed by atoms with E-state index < -0.39 is 0 Å². The van der Waals surface area contributed by atoms with Gasteiger partial charge in [-0.1, -0.05) is 18.2 Å². The summed E-state index contributed by atoms with van der Waals surface area (Å²) < 4.78 is 5.79. The zero-order chi connectivity index (χ0) is 18.4. The Hall–Kier alpha value is -2.80. The number of likely N-dealkylation sites (N-methyl/N-ethyl adjacent to an activating group) is 1. The van der Waals surface area contributed by atoms with Crippen LogP contribution in [0.15, 0.2) is 53.6 Å². The Morgan fingerprint density at radius 1 is 1.19 bits per heavy atom. The van der Waals surface area contributed by atoms with Crippen molar-refractivity contribution in [3.8, 4) is 5.75 Å². The molecule has 1 N–H and O–H groups in total. The highest BCUT2D eigenvalue weighted by molar-refractivity contribution is 8.18. The van der Waals surface area contributed by atoms with Crippen LogP contribution in [0.2, 0.25) is 0 Å². The van der Waals surface area contributed by atoms with Gasteiger partial charge in [-0.3, -0.25) is 14.9 Å². The van der Waals surface area contributed by atoms with Gasteiger partial charge in [0.2, 0.25) is 0 Å². The van der Waals surface area contributed by atoms with Crippen LogP contribution < -0.4 is 15.0 Å². The summed E-state index contributed by atoms with van der Waals surface area (Å²) in [6.45, 7) is 4.21. The van der Waals surface area contributed by atoms with E-state index in [1.165, 1.54) is 0 Å². The maximum Gasteiger partial charge on any atom is 0.290 e. The van der Waals surface area contributed by atoms with E-state index in [1.54, 1.807) is 12.3 Å². The number of benzene rings is 1. The van der Waals surface area contributed by atoms with E-state index >= 15 is 0 Å². The van der Waals surface area contributed by atoms with E-state index in [9.17, 15) is 9.59 Å². The molecule has 134 valence electrons. The third-order valence-corrected chi connectivity index (χ3v) is 4.62. The van der Waals surface area contributed by atoms with Crippen molar-refractivity contribution in [2.45, 2.75) is 6.92 Å². The molecular weight excluding hydrogens is 350 g/mol. The fraction of sp³-hybridized carbons (Fsp3) is 0.211. The molecule has 3 rings (SSSR count). The molecular formula is C19H19N3O3S. The van der Waals surface area contributed by atoms with Gasteiger partial charge in [0.05, 0.1) is 11.4 Å². The molecule has 2 heterocycles. The monoisotopic (exact) mass is 369 g/mol. The molecule has 0 bridgehead atoms. The molecule has 0 spiro atoms. The van der Waals surface area contributed by atoms with Crippen LogP contribution in [0.1, 0.15) is 12.5 Å². The van der Waals surface area contributed by atoms with Crippen LogP contribution in [0.4, 0.5) is 10.6 Å². The Morgan fingerprint density at radius 2 is 2.00 bits per heavy atom. The minimum atomic E-state index is -0.352. The van der Waals surface area contributed by atoms with E-state index in [1.807, 2.05) is 42.5 Å². The van der Waals surface area contributed by atoms with Crippen LogP contribution >= 0.6 is 11.8 Å². The second kappa shape index (κ2) is 8.53. The normalized spacial score (nSPS) is 15.2. The third-order valence-electron chi connectivity index (χ3n) is 3.80. The zero-order valence-electron chi connectivity index (χ0n) is 14.3. The van der Waals surface area contributed by atoms with E-state index in [2.05, 4.69) is 22.1 Å². The number of ether oxygens (including phenoxy) is 1. The average Bonchev–Trinajstić information content (AvgIpc) is 2.98. The average molecular weight is 369 g/mol. The lowest BCUT2D eigenvalue weighted by Crippen LogP contribution is -2.28. The number of pyridine rings is 1. The number of thioether (sulfide) groups is 1. The number of carbonyl (C=O) groups excluding carboxylic acids is 2. The molecule has 1 aliphatic heterocycles. The molecule has 2 aromatic rings. The Morgan fingerprint density at radius 3 is 2.62 bits per heavy atom. The Bertz CT molecular complexity index is 807. The van der Waals surface area contributed by atoms with E-state index in [0.717, 1.165) is 42.0 Å². The van der Waals surface area contributed by atoms with Crippen molar-refractivity contribution in [2.75, 3.05) is 24.6 Å². The number of nitrogens with zero attached hydrogens (tertiary/aromatic N) is 2. The standard InChI is InChI=1S/C19H19N3O3S/c1-2-22(17-5-3-4-10-20-17)11-12-25-15-8-6-14(7-9-15)13-16-18(23)21-19(24)26-16/h3-10,13H,2,11-12H2,1H3,(H,21,23,24)/b16-13+. The SMILES string of the molecule is CCN(CCOc1ccc(/C=C2/SC(=O)NC2=O)cc1)c1ccccn1. The Labute approximate surface area is 156 Å². The predicted molar refractivity (Wildman–Crippen MR) is 103 cm³/mol. The van der Waals surface area contributed by atoms with Crippen LogP contribution in [0, 0.1) is 0 Å². The first-order valence-corrected chi connectivity index (χ1v) is 9.11. The first-order valence-electron chi connectivity index (χ1n) is 8.29. The lowest BCUT2D eigenvalue weighted by Gasteiger charge is -2.21. The first kappa shape index (κ1) is 18.0. The molecule has 1 fully saturated rings. The van der Waals surface area contributed by atoms with Gasteiger partial charge in [-0.2, -0.15) is 0 Å². The van der Waals surface area contributed by atoms with Gasteiger partial charge in [0.25, 0.3) is 11.1 Å². The second-order valence-electron chi connectivity index (χ2n) is 5.54. The molecule has 0 unspecified atom stereocenters. The molecule has 6 nitrogen and oxygen atoms in total. The number of anilines is 1. The molecule has 2 amide bonds. The molecule has 1 saturated heterocycles. The number of hydrogen-bond donors (Lipinski definition) is 1. The first-order chi connectivity index (χ1) is 12.7. The van der Waals surface area contributed by atoms with Gasteiger partial charge in [0.1, 0.15) is 18.2 Å². The molecule has 26 heavy (non-hydrogen) atoms. The number of imide groups is 1. The molecule has 7 heteroatoms. The lowest BCUT2D eigenvalue weighted by atomic mass is 10.2. The number of carbonyl (C=O) groups is 2. The summed E-state index contributed by atoms with van der Waals surface area (Å²) in [5, 5.41) is 1.90. The highest BCUT2D eigenvalue weighted by Gasteiger charge is 2.24. The minimum Gasteiger partial charge on any atom is -0.492 e. The maximum absolute atomic E-state index is 11.6. The third kappa shape index (κ3) is 4.64. The van der Waals surface area contributed by atoms with Crippen LogP contribution in [-0.2, 0) is 4.79 Å². The minimum absolute atomic E-state index is 0.338. The zero-order valence-corrected chi connectivity index (χ0v) is 15.2. The number of rotatable bonds is 7. The van der Waals surface area contributed by atoms with Gasteiger partial charge >= 0.3 is 0 Å². The molecule has 1 aliphatic rings. The smallest absolute Gasteiger partial charge is 0.290 e. The molecule has 0 atom stereocenters. The number of amides is 2. The molecule has 1 aromatic carbocycles. The van der Waals surface area contributed by atoms with Crippen molar-refractivity contribution in [3.05, 3.63) is 59.1 Å². The van der Waals surface area contributed by atoms with Crippen LogP contribution in [0.3, 0.4) is 0 Å².